The smallest absolute Gasteiger partial charge is 0.421 e. The summed E-state index contributed by atoms with van der Waals surface area (Å²) in [6, 6.07) is 0. The molecule has 0 saturated carbocycles. The number of nitrogens with zero attached hydrogens (tertiary/aromatic N) is 1. The molecule has 1 aliphatic rings. The van der Waals surface area contributed by atoms with Crippen molar-refractivity contribution in [3.05, 3.63) is 0 Å². The van der Waals surface area contributed by atoms with E-state index >= 15 is 0 Å². The average Bonchev–Trinajstić information content (AvgIpc) is 2.28. The van der Waals surface area contributed by atoms with Gasteiger partial charge in [-0.2, -0.15) is 12.7 Å². The maximum absolute atomic E-state index is 11.7. The number of carbonyl (C=O) groups excluding carboxylic acids is 1. The second-order valence-electron chi connectivity index (χ2n) is 3.91. The summed E-state index contributed by atoms with van der Waals surface area (Å²) in [4.78, 5) is 11.1. The first kappa shape index (κ1) is 14.2. The van der Waals surface area contributed by atoms with Crippen molar-refractivity contribution < 1.29 is 17.9 Å². The third-order valence-electron chi connectivity index (χ3n) is 2.73. The summed E-state index contributed by atoms with van der Waals surface area (Å²) in [7, 11) is -3.77. The van der Waals surface area contributed by atoms with Crippen LogP contribution in [-0.4, -0.2) is 45.1 Å². The van der Waals surface area contributed by atoms with Crippen LogP contribution in [0.3, 0.4) is 0 Å². The Hall–Kier alpha value is -0.860. The lowest BCUT2D eigenvalue weighted by Crippen LogP contribution is -2.47. The van der Waals surface area contributed by atoms with Crippen molar-refractivity contribution in [1.29, 1.82) is 0 Å². The molecule has 1 saturated heterocycles. The van der Waals surface area contributed by atoms with Gasteiger partial charge < -0.3 is 10.5 Å². The minimum atomic E-state index is -3.77. The van der Waals surface area contributed by atoms with Crippen LogP contribution in [0.2, 0.25) is 0 Å². The fraction of sp³-hybridized carbons (Fsp3) is 0.889. The Morgan fingerprint density at radius 1 is 1.47 bits per heavy atom. The Morgan fingerprint density at radius 3 is 2.53 bits per heavy atom. The van der Waals surface area contributed by atoms with E-state index in [9.17, 15) is 13.2 Å². The van der Waals surface area contributed by atoms with Gasteiger partial charge in [0, 0.05) is 13.1 Å². The molecule has 1 amide bonds. The maximum Gasteiger partial charge on any atom is 0.421 e. The molecule has 0 aromatic rings. The summed E-state index contributed by atoms with van der Waals surface area (Å²) in [5.41, 5.74) is 5.52. The predicted molar refractivity (Wildman–Crippen MR) is 62.4 cm³/mol. The Balaban J connectivity index is 2.51. The zero-order valence-corrected chi connectivity index (χ0v) is 10.7. The number of rotatable bonds is 4. The number of nitrogens with one attached hydrogen (secondary N) is 1. The Labute approximate surface area is 101 Å². The standard InChI is InChI=1S/C9H19N3O4S/c1-2-16-9(13)11-17(14,15)12-5-3-8(7-10)4-6-12/h8H,2-7,10H2,1H3,(H,11,13). The topological polar surface area (TPSA) is 102 Å². The minimum Gasteiger partial charge on any atom is -0.449 e. The van der Waals surface area contributed by atoms with E-state index in [1.165, 1.54) is 4.31 Å². The van der Waals surface area contributed by atoms with Crippen molar-refractivity contribution in [3.8, 4) is 0 Å². The molecule has 0 atom stereocenters. The van der Waals surface area contributed by atoms with Gasteiger partial charge in [-0.15, -0.1) is 0 Å². The van der Waals surface area contributed by atoms with E-state index in [1.54, 1.807) is 6.92 Å². The molecule has 0 radical (unpaired) electrons. The van der Waals surface area contributed by atoms with Crippen LogP contribution >= 0.6 is 0 Å². The zero-order valence-electron chi connectivity index (χ0n) is 9.89. The first-order valence-electron chi connectivity index (χ1n) is 5.64. The lowest BCUT2D eigenvalue weighted by molar-refractivity contribution is 0.157. The molecule has 1 fully saturated rings. The Bertz CT molecular complexity index is 349. The molecule has 8 heteroatoms. The molecule has 1 heterocycles. The highest BCUT2D eigenvalue weighted by Gasteiger charge is 2.28. The average molecular weight is 265 g/mol. The zero-order chi connectivity index (χ0) is 12.9. The van der Waals surface area contributed by atoms with Gasteiger partial charge in [-0.25, -0.2) is 9.52 Å². The Morgan fingerprint density at radius 2 is 2.06 bits per heavy atom. The molecule has 0 unspecified atom stereocenters. The van der Waals surface area contributed by atoms with Gasteiger partial charge in [0.05, 0.1) is 6.61 Å². The summed E-state index contributed by atoms with van der Waals surface area (Å²) in [5, 5.41) is 0. The number of nitrogens with two attached hydrogens (primary N) is 1. The lowest BCUT2D eigenvalue weighted by Gasteiger charge is -2.30. The molecule has 0 spiro atoms. The van der Waals surface area contributed by atoms with Crippen LogP contribution in [-0.2, 0) is 14.9 Å². The molecule has 0 aromatic carbocycles. The van der Waals surface area contributed by atoms with Crippen LogP contribution in [0.5, 0.6) is 0 Å². The minimum absolute atomic E-state index is 0.136. The third kappa shape index (κ3) is 4.14. The predicted octanol–water partition coefficient (Wildman–Crippen LogP) is -0.352. The molecular weight excluding hydrogens is 246 g/mol. The van der Waals surface area contributed by atoms with E-state index in [0.29, 0.717) is 25.6 Å². The molecule has 1 aliphatic heterocycles. The molecule has 100 valence electrons. The van der Waals surface area contributed by atoms with Crippen LogP contribution in [0.4, 0.5) is 4.79 Å². The molecule has 0 aliphatic carbocycles. The maximum atomic E-state index is 11.7. The number of ether oxygens (including phenoxy) is 1. The van der Waals surface area contributed by atoms with Crippen molar-refractivity contribution in [2.45, 2.75) is 19.8 Å². The number of carbonyl (C=O) groups is 1. The highest BCUT2D eigenvalue weighted by Crippen LogP contribution is 2.17. The highest BCUT2D eigenvalue weighted by atomic mass is 32.2. The Kier molecular flexibility index (Phi) is 5.16. The summed E-state index contributed by atoms with van der Waals surface area (Å²) in [6.45, 7) is 3.09. The SMILES string of the molecule is CCOC(=O)NS(=O)(=O)N1CCC(CN)CC1. The second-order valence-corrected chi connectivity index (χ2v) is 5.58. The van der Waals surface area contributed by atoms with E-state index < -0.39 is 16.3 Å². The fourth-order valence-corrected chi connectivity index (χ4v) is 2.81. The van der Waals surface area contributed by atoms with Crippen LogP contribution in [0.25, 0.3) is 0 Å². The van der Waals surface area contributed by atoms with E-state index in [0.717, 1.165) is 12.8 Å². The van der Waals surface area contributed by atoms with Crippen molar-refractivity contribution in [2.24, 2.45) is 11.7 Å². The number of amides is 1. The molecule has 1 rings (SSSR count). The van der Waals surface area contributed by atoms with Gasteiger partial charge in [-0.3, -0.25) is 0 Å². The number of piperidine rings is 1. The molecule has 7 nitrogen and oxygen atoms in total. The van der Waals surface area contributed by atoms with E-state index in [4.69, 9.17) is 5.73 Å². The van der Waals surface area contributed by atoms with Gasteiger partial charge in [0.15, 0.2) is 0 Å². The molecule has 0 aromatic heterocycles. The molecular formula is C9H19N3O4S. The number of hydrogen-bond donors (Lipinski definition) is 2. The van der Waals surface area contributed by atoms with Crippen LogP contribution in [0, 0.1) is 5.92 Å². The van der Waals surface area contributed by atoms with Crippen molar-refractivity contribution in [2.75, 3.05) is 26.2 Å². The monoisotopic (exact) mass is 265 g/mol. The van der Waals surface area contributed by atoms with Gasteiger partial charge in [0.25, 0.3) is 0 Å². The quantitative estimate of drug-likeness (QED) is 0.723. The van der Waals surface area contributed by atoms with E-state index in [1.807, 2.05) is 4.72 Å². The largest absolute Gasteiger partial charge is 0.449 e. The van der Waals surface area contributed by atoms with Crippen LogP contribution in [0.1, 0.15) is 19.8 Å². The second kappa shape index (κ2) is 6.18. The highest BCUT2D eigenvalue weighted by molar-refractivity contribution is 7.87. The molecule has 0 bridgehead atoms. The normalized spacial score (nSPS) is 18.9. The van der Waals surface area contributed by atoms with Gasteiger partial charge in [0.1, 0.15) is 0 Å². The van der Waals surface area contributed by atoms with Crippen molar-refractivity contribution in [1.82, 2.24) is 9.03 Å². The summed E-state index contributed by atoms with van der Waals surface area (Å²) >= 11 is 0. The summed E-state index contributed by atoms with van der Waals surface area (Å²) in [6.07, 6.45) is 0.508. The first-order valence-corrected chi connectivity index (χ1v) is 7.08. The first-order chi connectivity index (χ1) is 7.99. The van der Waals surface area contributed by atoms with Gasteiger partial charge in [-0.05, 0) is 32.2 Å². The molecule has 3 N–H and O–H groups in total. The van der Waals surface area contributed by atoms with Crippen LogP contribution in [0.15, 0.2) is 0 Å². The van der Waals surface area contributed by atoms with Crippen LogP contribution < -0.4 is 10.5 Å². The van der Waals surface area contributed by atoms with Gasteiger partial charge in [-0.1, -0.05) is 0 Å². The van der Waals surface area contributed by atoms with Crippen molar-refractivity contribution in [3.63, 3.8) is 0 Å². The van der Waals surface area contributed by atoms with Gasteiger partial charge >= 0.3 is 16.3 Å². The lowest BCUT2D eigenvalue weighted by atomic mass is 9.99. The van der Waals surface area contributed by atoms with E-state index in [-0.39, 0.29) is 6.61 Å². The summed E-state index contributed by atoms with van der Waals surface area (Å²) < 4.78 is 31.1. The van der Waals surface area contributed by atoms with E-state index in [2.05, 4.69) is 4.74 Å². The third-order valence-corrected chi connectivity index (χ3v) is 4.20. The van der Waals surface area contributed by atoms with Gasteiger partial charge in [0.2, 0.25) is 0 Å². The molecule has 17 heavy (non-hydrogen) atoms. The summed E-state index contributed by atoms with van der Waals surface area (Å²) in [5.74, 6) is 0.365. The fourth-order valence-electron chi connectivity index (χ4n) is 1.72. The number of hydrogen-bond acceptors (Lipinski definition) is 5. The van der Waals surface area contributed by atoms with Crippen molar-refractivity contribution >= 4 is 16.3 Å².